The highest BCUT2D eigenvalue weighted by atomic mass is 35.5. The van der Waals surface area contributed by atoms with Gasteiger partial charge in [-0.3, -0.25) is 0 Å². The molecule has 0 aliphatic carbocycles. The predicted octanol–water partition coefficient (Wildman–Crippen LogP) is 4.05. The van der Waals surface area contributed by atoms with Gasteiger partial charge in [0.05, 0.1) is 5.02 Å². The lowest BCUT2D eigenvalue weighted by Gasteiger charge is -2.20. The molecule has 0 unspecified atom stereocenters. The highest BCUT2D eigenvalue weighted by Crippen LogP contribution is 2.28. The molecular formula is C15H15ClN2S. The number of nitrogens with two attached hydrogens (primary N) is 1. The zero-order valence-electron chi connectivity index (χ0n) is 10.9. The van der Waals surface area contributed by atoms with Gasteiger partial charge in [-0.2, -0.15) is 0 Å². The quantitative estimate of drug-likeness (QED) is 0.865. The highest BCUT2D eigenvalue weighted by Gasteiger charge is 2.08. The zero-order valence-corrected chi connectivity index (χ0v) is 12.4. The lowest BCUT2D eigenvalue weighted by atomic mass is 10.1. The smallest absolute Gasteiger partial charge is 0.105 e. The number of thiocarbonyl (C=S) groups is 1. The van der Waals surface area contributed by atoms with Crippen molar-refractivity contribution in [2.45, 2.75) is 6.92 Å². The second-order valence-corrected chi connectivity index (χ2v) is 5.27. The number of nitrogens with zero attached hydrogens (tertiary/aromatic N) is 1. The summed E-state index contributed by atoms with van der Waals surface area (Å²) < 4.78 is 0. The summed E-state index contributed by atoms with van der Waals surface area (Å²) in [6.45, 7) is 2.07. The molecule has 0 heterocycles. The van der Waals surface area contributed by atoms with E-state index in [1.807, 2.05) is 25.2 Å². The fraction of sp³-hybridized carbons (Fsp3) is 0.133. The molecule has 0 saturated heterocycles. The van der Waals surface area contributed by atoms with E-state index in [0.717, 1.165) is 11.4 Å². The molecule has 0 amide bonds. The summed E-state index contributed by atoms with van der Waals surface area (Å²) in [5, 5.41) is 0.573. The van der Waals surface area contributed by atoms with E-state index in [-0.39, 0.29) is 0 Å². The van der Waals surface area contributed by atoms with Gasteiger partial charge in [0.15, 0.2) is 0 Å². The Morgan fingerprint density at radius 2 is 1.68 bits per heavy atom. The van der Waals surface area contributed by atoms with Gasteiger partial charge in [0, 0.05) is 24.0 Å². The van der Waals surface area contributed by atoms with Crippen molar-refractivity contribution in [3.05, 3.63) is 58.6 Å². The third kappa shape index (κ3) is 3.06. The van der Waals surface area contributed by atoms with Crippen LogP contribution in [0.4, 0.5) is 11.4 Å². The summed E-state index contributed by atoms with van der Waals surface area (Å²) in [6.07, 6.45) is 0. The third-order valence-electron chi connectivity index (χ3n) is 3.03. The summed E-state index contributed by atoms with van der Waals surface area (Å²) in [5.41, 5.74) is 9.64. The minimum absolute atomic E-state index is 0.314. The Kier molecular flexibility index (Phi) is 4.08. The Morgan fingerprint density at radius 1 is 1.11 bits per heavy atom. The van der Waals surface area contributed by atoms with Crippen molar-refractivity contribution >= 4 is 40.2 Å². The molecule has 0 saturated carbocycles. The summed E-state index contributed by atoms with van der Waals surface area (Å²) in [6, 6.07) is 14.0. The van der Waals surface area contributed by atoms with Gasteiger partial charge in [0.2, 0.25) is 0 Å². The molecule has 0 atom stereocenters. The molecule has 2 aromatic carbocycles. The average molecular weight is 291 g/mol. The monoisotopic (exact) mass is 290 g/mol. The highest BCUT2D eigenvalue weighted by molar-refractivity contribution is 7.80. The van der Waals surface area contributed by atoms with E-state index < -0.39 is 0 Å². The Balaban J connectivity index is 2.34. The Morgan fingerprint density at radius 3 is 2.21 bits per heavy atom. The third-order valence-corrected chi connectivity index (χ3v) is 3.56. The molecule has 98 valence electrons. The molecule has 0 aliphatic rings. The molecule has 2 rings (SSSR count). The molecule has 0 aromatic heterocycles. The SMILES string of the molecule is Cc1ccc(N(C)c2ccc(C(N)=S)c(Cl)c2)cc1. The van der Waals surface area contributed by atoms with Crippen LogP contribution < -0.4 is 10.6 Å². The van der Waals surface area contributed by atoms with Crippen LogP contribution in [0.5, 0.6) is 0 Å². The topological polar surface area (TPSA) is 29.3 Å². The van der Waals surface area contributed by atoms with Crippen molar-refractivity contribution in [1.29, 1.82) is 0 Å². The molecule has 4 heteroatoms. The van der Waals surface area contributed by atoms with Gasteiger partial charge in [0.1, 0.15) is 4.99 Å². The summed E-state index contributed by atoms with van der Waals surface area (Å²) in [4.78, 5) is 2.38. The van der Waals surface area contributed by atoms with Crippen LogP contribution in [0.3, 0.4) is 0 Å². The summed E-state index contributed by atoms with van der Waals surface area (Å²) in [5.74, 6) is 0. The van der Waals surface area contributed by atoms with Gasteiger partial charge >= 0.3 is 0 Å². The minimum Gasteiger partial charge on any atom is -0.389 e. The van der Waals surface area contributed by atoms with Gasteiger partial charge in [-0.15, -0.1) is 0 Å². The van der Waals surface area contributed by atoms with Crippen LogP contribution in [-0.4, -0.2) is 12.0 Å². The van der Waals surface area contributed by atoms with E-state index in [4.69, 9.17) is 29.6 Å². The maximum atomic E-state index is 6.19. The van der Waals surface area contributed by atoms with Crippen molar-refractivity contribution in [2.75, 3.05) is 11.9 Å². The Hall–Kier alpha value is -1.58. The van der Waals surface area contributed by atoms with Crippen LogP contribution in [0, 0.1) is 6.92 Å². The molecule has 19 heavy (non-hydrogen) atoms. The van der Waals surface area contributed by atoms with Crippen LogP contribution >= 0.6 is 23.8 Å². The molecule has 2 aromatic rings. The lowest BCUT2D eigenvalue weighted by molar-refractivity contribution is 1.20. The maximum absolute atomic E-state index is 6.19. The second kappa shape index (κ2) is 5.59. The van der Waals surface area contributed by atoms with Gasteiger partial charge in [-0.05, 0) is 37.3 Å². The summed E-state index contributed by atoms with van der Waals surface area (Å²) >= 11 is 11.1. The van der Waals surface area contributed by atoms with E-state index in [1.54, 1.807) is 0 Å². The Labute approximate surface area is 123 Å². The second-order valence-electron chi connectivity index (χ2n) is 4.42. The molecule has 0 fully saturated rings. The first kappa shape index (κ1) is 13.8. The first-order chi connectivity index (χ1) is 8.99. The zero-order chi connectivity index (χ0) is 14.0. The molecule has 2 nitrogen and oxygen atoms in total. The number of benzene rings is 2. The molecule has 0 aliphatic heterocycles. The molecule has 2 N–H and O–H groups in total. The van der Waals surface area contributed by atoms with Crippen LogP contribution in [-0.2, 0) is 0 Å². The number of anilines is 2. The van der Waals surface area contributed by atoms with Crippen molar-refractivity contribution < 1.29 is 0 Å². The van der Waals surface area contributed by atoms with Gasteiger partial charge in [-0.25, -0.2) is 0 Å². The van der Waals surface area contributed by atoms with E-state index in [1.165, 1.54) is 5.56 Å². The predicted molar refractivity (Wildman–Crippen MR) is 86.6 cm³/mol. The van der Waals surface area contributed by atoms with Crippen LogP contribution in [0.25, 0.3) is 0 Å². The molecule has 0 spiro atoms. The normalized spacial score (nSPS) is 10.3. The van der Waals surface area contributed by atoms with Crippen LogP contribution in [0.1, 0.15) is 11.1 Å². The fourth-order valence-electron chi connectivity index (χ4n) is 1.83. The number of rotatable bonds is 3. The van der Waals surface area contributed by atoms with E-state index in [2.05, 4.69) is 36.1 Å². The molecule has 0 bridgehead atoms. The van der Waals surface area contributed by atoms with Gasteiger partial charge in [-0.1, -0.05) is 41.5 Å². The molecular weight excluding hydrogens is 276 g/mol. The van der Waals surface area contributed by atoms with Crippen molar-refractivity contribution in [1.82, 2.24) is 0 Å². The summed E-state index contributed by atoms with van der Waals surface area (Å²) in [7, 11) is 2.00. The number of aryl methyl sites for hydroxylation is 1. The van der Waals surface area contributed by atoms with E-state index in [9.17, 15) is 0 Å². The average Bonchev–Trinajstić information content (AvgIpc) is 2.38. The van der Waals surface area contributed by atoms with Crippen LogP contribution in [0.2, 0.25) is 5.02 Å². The van der Waals surface area contributed by atoms with E-state index in [0.29, 0.717) is 15.6 Å². The van der Waals surface area contributed by atoms with Crippen molar-refractivity contribution in [3.63, 3.8) is 0 Å². The van der Waals surface area contributed by atoms with E-state index >= 15 is 0 Å². The largest absolute Gasteiger partial charge is 0.389 e. The van der Waals surface area contributed by atoms with Crippen molar-refractivity contribution in [2.24, 2.45) is 5.73 Å². The standard InChI is InChI=1S/C15H15ClN2S/c1-10-3-5-11(6-4-10)18(2)12-7-8-13(15(17)19)14(16)9-12/h3-9H,1-2H3,(H2,17,19). The fourth-order valence-corrected chi connectivity index (χ4v) is 2.34. The molecule has 0 radical (unpaired) electrons. The first-order valence-electron chi connectivity index (χ1n) is 5.89. The van der Waals surface area contributed by atoms with Crippen molar-refractivity contribution in [3.8, 4) is 0 Å². The van der Waals surface area contributed by atoms with Crippen LogP contribution in [0.15, 0.2) is 42.5 Å². The Bertz CT molecular complexity index is 608. The first-order valence-corrected chi connectivity index (χ1v) is 6.67. The minimum atomic E-state index is 0.314. The maximum Gasteiger partial charge on any atom is 0.105 e. The lowest BCUT2D eigenvalue weighted by Crippen LogP contribution is -2.12. The van der Waals surface area contributed by atoms with Gasteiger partial charge in [0.25, 0.3) is 0 Å². The number of halogens is 1. The number of hydrogen-bond donors (Lipinski definition) is 1. The number of hydrogen-bond acceptors (Lipinski definition) is 2. The van der Waals surface area contributed by atoms with Gasteiger partial charge < -0.3 is 10.6 Å².